The number of rotatable bonds is 4. The number of alkyl halides is 3. The van der Waals surface area contributed by atoms with E-state index < -0.39 is 11.9 Å². The Bertz CT molecular complexity index is 570. The summed E-state index contributed by atoms with van der Waals surface area (Å²) in [6, 6.07) is 7.74. The molecule has 2 rings (SSSR count). The van der Waals surface area contributed by atoms with Gasteiger partial charge in [-0.15, -0.1) is 0 Å². The normalized spacial score (nSPS) is 11.8. The van der Waals surface area contributed by atoms with Gasteiger partial charge in [-0.25, -0.2) is 4.68 Å². The van der Waals surface area contributed by atoms with Gasteiger partial charge in [-0.05, 0) is 43.2 Å². The highest BCUT2D eigenvalue weighted by atomic mass is 19.4. The molecule has 0 saturated heterocycles. The van der Waals surface area contributed by atoms with Gasteiger partial charge in [0.15, 0.2) is 5.69 Å². The van der Waals surface area contributed by atoms with Gasteiger partial charge in [0.25, 0.3) is 0 Å². The lowest BCUT2D eigenvalue weighted by molar-refractivity contribution is -0.141. The molecule has 0 aliphatic heterocycles. The third-order valence-electron chi connectivity index (χ3n) is 3.00. The van der Waals surface area contributed by atoms with Crippen LogP contribution in [0, 0.1) is 0 Å². The Balaban J connectivity index is 2.43. The van der Waals surface area contributed by atoms with Crippen LogP contribution in [0.2, 0.25) is 0 Å². The van der Waals surface area contributed by atoms with E-state index in [1.165, 1.54) is 4.68 Å². The molecule has 1 heterocycles. The maximum atomic E-state index is 12.8. The summed E-state index contributed by atoms with van der Waals surface area (Å²) in [7, 11) is 0. The SMILES string of the molecule is CCCCc1cc(C(F)(F)F)nn1-c1ccc(N)cc1. The molecule has 0 radical (unpaired) electrons. The highest BCUT2D eigenvalue weighted by Crippen LogP contribution is 2.30. The highest BCUT2D eigenvalue weighted by molar-refractivity contribution is 5.45. The van der Waals surface area contributed by atoms with Crippen LogP contribution in [-0.4, -0.2) is 9.78 Å². The number of halogens is 3. The third kappa shape index (κ3) is 3.12. The zero-order chi connectivity index (χ0) is 14.8. The number of anilines is 1. The first-order chi connectivity index (χ1) is 9.41. The van der Waals surface area contributed by atoms with Gasteiger partial charge in [0.1, 0.15) is 0 Å². The molecular weight excluding hydrogens is 267 g/mol. The largest absolute Gasteiger partial charge is 0.435 e. The van der Waals surface area contributed by atoms with Crippen LogP contribution >= 0.6 is 0 Å². The van der Waals surface area contributed by atoms with Crippen molar-refractivity contribution in [2.75, 3.05) is 5.73 Å². The van der Waals surface area contributed by atoms with E-state index in [4.69, 9.17) is 5.73 Å². The molecule has 0 aliphatic rings. The van der Waals surface area contributed by atoms with Crippen molar-refractivity contribution in [2.24, 2.45) is 0 Å². The fourth-order valence-electron chi connectivity index (χ4n) is 1.93. The van der Waals surface area contributed by atoms with E-state index >= 15 is 0 Å². The number of benzene rings is 1. The number of hydrogen-bond donors (Lipinski definition) is 1. The van der Waals surface area contributed by atoms with Gasteiger partial charge in [0.2, 0.25) is 0 Å². The monoisotopic (exact) mass is 283 g/mol. The molecule has 20 heavy (non-hydrogen) atoms. The highest BCUT2D eigenvalue weighted by Gasteiger charge is 2.34. The van der Waals surface area contributed by atoms with E-state index in [-0.39, 0.29) is 0 Å². The van der Waals surface area contributed by atoms with E-state index in [0.29, 0.717) is 23.5 Å². The topological polar surface area (TPSA) is 43.8 Å². The number of nitrogens with zero attached hydrogens (tertiary/aromatic N) is 2. The predicted octanol–water partition coefficient (Wildman–Crippen LogP) is 3.82. The summed E-state index contributed by atoms with van der Waals surface area (Å²) in [5, 5.41) is 3.69. The van der Waals surface area contributed by atoms with Crippen molar-refractivity contribution in [3.63, 3.8) is 0 Å². The van der Waals surface area contributed by atoms with Gasteiger partial charge in [0.05, 0.1) is 5.69 Å². The fraction of sp³-hybridized carbons (Fsp3) is 0.357. The van der Waals surface area contributed by atoms with Crippen molar-refractivity contribution in [1.29, 1.82) is 0 Å². The van der Waals surface area contributed by atoms with Crippen molar-refractivity contribution in [3.8, 4) is 5.69 Å². The maximum absolute atomic E-state index is 12.8. The molecule has 6 heteroatoms. The summed E-state index contributed by atoms with van der Waals surface area (Å²) in [4.78, 5) is 0. The minimum absolute atomic E-state index is 0.559. The summed E-state index contributed by atoms with van der Waals surface area (Å²) in [6.07, 6.45) is -2.14. The molecule has 0 saturated carbocycles. The summed E-state index contributed by atoms with van der Waals surface area (Å²) in [5.41, 5.74) is 6.43. The van der Waals surface area contributed by atoms with E-state index in [0.717, 1.165) is 18.9 Å². The third-order valence-corrected chi connectivity index (χ3v) is 3.00. The zero-order valence-corrected chi connectivity index (χ0v) is 11.1. The Morgan fingerprint density at radius 1 is 1.20 bits per heavy atom. The molecule has 1 aromatic heterocycles. The molecular formula is C14H16F3N3. The smallest absolute Gasteiger partial charge is 0.399 e. The Kier molecular flexibility index (Phi) is 4.01. The van der Waals surface area contributed by atoms with E-state index in [2.05, 4.69) is 5.10 Å². The molecule has 1 aromatic carbocycles. The Labute approximate surface area is 115 Å². The van der Waals surface area contributed by atoms with E-state index in [1.54, 1.807) is 24.3 Å². The number of hydrogen-bond acceptors (Lipinski definition) is 2. The number of unbranched alkanes of at least 4 members (excludes halogenated alkanes) is 1. The van der Waals surface area contributed by atoms with E-state index in [9.17, 15) is 13.2 Å². The lowest BCUT2D eigenvalue weighted by atomic mass is 10.2. The molecule has 0 amide bonds. The first kappa shape index (κ1) is 14.4. The van der Waals surface area contributed by atoms with Crippen molar-refractivity contribution in [1.82, 2.24) is 9.78 Å². The standard InChI is InChI=1S/C14H16F3N3/c1-2-3-4-12-9-13(14(15,16)17)19-20(12)11-7-5-10(18)6-8-11/h5-9H,2-4,18H2,1H3. The first-order valence-corrected chi connectivity index (χ1v) is 6.44. The molecule has 0 bridgehead atoms. The summed E-state index contributed by atoms with van der Waals surface area (Å²) < 4.78 is 39.7. The van der Waals surface area contributed by atoms with Crippen LogP contribution in [0.3, 0.4) is 0 Å². The van der Waals surface area contributed by atoms with Crippen molar-refractivity contribution < 1.29 is 13.2 Å². The minimum Gasteiger partial charge on any atom is -0.399 e. The van der Waals surface area contributed by atoms with Gasteiger partial charge in [-0.3, -0.25) is 0 Å². The van der Waals surface area contributed by atoms with Crippen LogP contribution < -0.4 is 5.73 Å². The average molecular weight is 283 g/mol. The molecule has 0 aliphatic carbocycles. The van der Waals surface area contributed by atoms with Crippen LogP contribution in [0.1, 0.15) is 31.2 Å². The predicted molar refractivity (Wildman–Crippen MR) is 71.6 cm³/mol. The van der Waals surface area contributed by atoms with Crippen LogP contribution in [0.5, 0.6) is 0 Å². The van der Waals surface area contributed by atoms with Gasteiger partial charge in [-0.2, -0.15) is 18.3 Å². The van der Waals surface area contributed by atoms with Crippen LogP contribution in [0.4, 0.5) is 18.9 Å². The van der Waals surface area contributed by atoms with Crippen molar-refractivity contribution >= 4 is 5.69 Å². The fourth-order valence-corrected chi connectivity index (χ4v) is 1.93. The molecule has 3 nitrogen and oxygen atoms in total. The number of nitrogens with two attached hydrogens (primary N) is 1. The van der Waals surface area contributed by atoms with Crippen LogP contribution in [-0.2, 0) is 12.6 Å². The van der Waals surface area contributed by atoms with Crippen molar-refractivity contribution in [2.45, 2.75) is 32.4 Å². The van der Waals surface area contributed by atoms with E-state index in [1.807, 2.05) is 6.92 Å². The van der Waals surface area contributed by atoms with Crippen molar-refractivity contribution in [3.05, 3.63) is 41.7 Å². The lowest BCUT2D eigenvalue weighted by Gasteiger charge is -2.07. The van der Waals surface area contributed by atoms with Gasteiger partial charge >= 0.3 is 6.18 Å². The molecule has 108 valence electrons. The van der Waals surface area contributed by atoms with Crippen LogP contribution in [0.15, 0.2) is 30.3 Å². The number of nitrogen functional groups attached to an aromatic ring is 1. The lowest BCUT2D eigenvalue weighted by Crippen LogP contribution is -2.07. The number of aromatic nitrogens is 2. The summed E-state index contributed by atoms with van der Waals surface area (Å²) in [5.74, 6) is 0. The molecule has 0 unspecified atom stereocenters. The number of aryl methyl sites for hydroxylation is 1. The molecule has 0 fully saturated rings. The maximum Gasteiger partial charge on any atom is 0.435 e. The molecule has 2 aromatic rings. The second kappa shape index (κ2) is 5.56. The first-order valence-electron chi connectivity index (χ1n) is 6.44. The minimum atomic E-state index is -4.43. The summed E-state index contributed by atoms with van der Waals surface area (Å²) >= 11 is 0. The molecule has 0 spiro atoms. The van der Waals surface area contributed by atoms with Gasteiger partial charge in [-0.1, -0.05) is 13.3 Å². The average Bonchev–Trinajstić information content (AvgIpc) is 2.81. The zero-order valence-electron chi connectivity index (χ0n) is 11.1. The Hall–Kier alpha value is -1.98. The Morgan fingerprint density at radius 3 is 2.40 bits per heavy atom. The Morgan fingerprint density at radius 2 is 1.85 bits per heavy atom. The quantitative estimate of drug-likeness (QED) is 0.867. The van der Waals surface area contributed by atoms with Crippen LogP contribution in [0.25, 0.3) is 5.69 Å². The second-order valence-corrected chi connectivity index (χ2v) is 4.63. The molecule has 0 atom stereocenters. The van der Waals surface area contributed by atoms with Gasteiger partial charge in [0, 0.05) is 11.4 Å². The second-order valence-electron chi connectivity index (χ2n) is 4.63. The summed E-state index contributed by atoms with van der Waals surface area (Å²) in [6.45, 7) is 1.99. The molecule has 2 N–H and O–H groups in total. The van der Waals surface area contributed by atoms with Gasteiger partial charge < -0.3 is 5.73 Å².